The van der Waals surface area contributed by atoms with Crippen LogP contribution in [0.15, 0.2) is 18.2 Å². The Balaban J connectivity index is 2.06. The molecule has 0 spiro atoms. The summed E-state index contributed by atoms with van der Waals surface area (Å²) in [6.45, 7) is 3.84. The molecule has 0 aromatic heterocycles. The van der Waals surface area contributed by atoms with Gasteiger partial charge in [-0.1, -0.05) is 13.8 Å². The molecule has 1 amide bonds. The Morgan fingerprint density at radius 3 is 2.21 bits per heavy atom. The SMILES string of the molecule is COc1cc(OC)cc(C(=O)OCC(=O)N(CC(C)C)[C@H]2CCS(=O)(=O)C2)c1. The first-order valence-electron chi connectivity index (χ1n) is 9.05. The van der Waals surface area contributed by atoms with Gasteiger partial charge in [0.25, 0.3) is 5.91 Å². The third kappa shape index (κ3) is 5.85. The van der Waals surface area contributed by atoms with Crippen LogP contribution in [0.2, 0.25) is 0 Å². The third-order valence-electron chi connectivity index (χ3n) is 4.45. The molecule has 28 heavy (non-hydrogen) atoms. The van der Waals surface area contributed by atoms with Gasteiger partial charge in [0.2, 0.25) is 0 Å². The molecule has 2 rings (SSSR count). The van der Waals surface area contributed by atoms with Gasteiger partial charge in [-0.05, 0) is 24.5 Å². The molecule has 1 aromatic rings. The summed E-state index contributed by atoms with van der Waals surface area (Å²) in [5.74, 6) is -0.0563. The minimum absolute atomic E-state index is 0.0491. The Morgan fingerprint density at radius 1 is 1.14 bits per heavy atom. The van der Waals surface area contributed by atoms with E-state index in [2.05, 4.69) is 0 Å². The van der Waals surface area contributed by atoms with Crippen LogP contribution in [0, 0.1) is 5.92 Å². The quantitative estimate of drug-likeness (QED) is 0.596. The normalized spacial score (nSPS) is 18.0. The molecule has 1 fully saturated rings. The van der Waals surface area contributed by atoms with Crippen LogP contribution in [0.1, 0.15) is 30.6 Å². The zero-order valence-electron chi connectivity index (χ0n) is 16.6. The maximum absolute atomic E-state index is 12.7. The van der Waals surface area contributed by atoms with Gasteiger partial charge >= 0.3 is 5.97 Å². The van der Waals surface area contributed by atoms with E-state index in [4.69, 9.17) is 14.2 Å². The second-order valence-electron chi connectivity index (χ2n) is 7.17. The lowest BCUT2D eigenvalue weighted by Gasteiger charge is -2.29. The Hall–Kier alpha value is -2.29. The number of esters is 1. The first-order valence-corrected chi connectivity index (χ1v) is 10.9. The van der Waals surface area contributed by atoms with Gasteiger partial charge in [0.15, 0.2) is 16.4 Å². The van der Waals surface area contributed by atoms with Crippen LogP contribution in [0.3, 0.4) is 0 Å². The van der Waals surface area contributed by atoms with Crippen LogP contribution in [0.4, 0.5) is 0 Å². The Morgan fingerprint density at radius 2 is 1.75 bits per heavy atom. The molecule has 1 aliphatic rings. The first-order chi connectivity index (χ1) is 13.1. The number of sulfone groups is 1. The fourth-order valence-electron chi connectivity index (χ4n) is 3.09. The number of nitrogens with zero attached hydrogens (tertiary/aromatic N) is 1. The van der Waals surface area contributed by atoms with Crippen molar-refractivity contribution in [3.05, 3.63) is 23.8 Å². The Bertz CT molecular complexity index is 797. The second kappa shape index (κ2) is 9.27. The van der Waals surface area contributed by atoms with Gasteiger partial charge in [-0.25, -0.2) is 13.2 Å². The largest absolute Gasteiger partial charge is 0.497 e. The number of carbonyl (C=O) groups is 2. The molecule has 0 N–H and O–H groups in total. The molecule has 9 heteroatoms. The lowest BCUT2D eigenvalue weighted by Crippen LogP contribution is -2.45. The van der Waals surface area contributed by atoms with Crippen molar-refractivity contribution in [2.24, 2.45) is 5.92 Å². The van der Waals surface area contributed by atoms with Crippen LogP contribution in [-0.4, -0.2) is 70.1 Å². The molecule has 1 aromatic carbocycles. The lowest BCUT2D eigenvalue weighted by molar-refractivity contribution is -0.137. The summed E-state index contributed by atoms with van der Waals surface area (Å²) in [7, 11) is -0.199. The van der Waals surface area contributed by atoms with Crippen LogP contribution in [-0.2, 0) is 19.4 Å². The van der Waals surface area contributed by atoms with E-state index in [1.807, 2.05) is 13.8 Å². The van der Waals surface area contributed by atoms with E-state index in [-0.39, 0.29) is 29.0 Å². The topological polar surface area (TPSA) is 99.2 Å². The molecular weight excluding hydrogens is 386 g/mol. The number of ether oxygens (including phenoxy) is 3. The van der Waals surface area contributed by atoms with Crippen LogP contribution >= 0.6 is 0 Å². The fourth-order valence-corrected chi connectivity index (χ4v) is 4.82. The number of rotatable bonds is 8. The number of hydrogen-bond donors (Lipinski definition) is 0. The van der Waals surface area contributed by atoms with Gasteiger partial charge in [-0.2, -0.15) is 0 Å². The van der Waals surface area contributed by atoms with Crippen molar-refractivity contribution < 1.29 is 32.2 Å². The average Bonchev–Trinajstić information content (AvgIpc) is 3.02. The number of hydrogen-bond acceptors (Lipinski definition) is 7. The van der Waals surface area contributed by atoms with Crippen LogP contribution < -0.4 is 9.47 Å². The van der Waals surface area contributed by atoms with Crippen molar-refractivity contribution in [3.8, 4) is 11.5 Å². The van der Waals surface area contributed by atoms with Gasteiger partial charge in [0.05, 0.1) is 31.3 Å². The lowest BCUT2D eigenvalue weighted by atomic mass is 10.1. The smallest absolute Gasteiger partial charge is 0.338 e. The first kappa shape index (κ1) is 22.0. The maximum atomic E-state index is 12.7. The van der Waals surface area contributed by atoms with E-state index in [0.29, 0.717) is 24.5 Å². The zero-order valence-corrected chi connectivity index (χ0v) is 17.5. The minimum atomic E-state index is -3.13. The monoisotopic (exact) mass is 413 g/mol. The number of methoxy groups -OCH3 is 2. The van der Waals surface area contributed by atoms with Gasteiger partial charge in [-0.15, -0.1) is 0 Å². The van der Waals surface area contributed by atoms with Gasteiger partial charge < -0.3 is 19.1 Å². The molecule has 0 aliphatic carbocycles. The van der Waals surface area contributed by atoms with E-state index in [1.165, 1.54) is 31.3 Å². The summed E-state index contributed by atoms with van der Waals surface area (Å²) in [6, 6.07) is 4.22. The summed E-state index contributed by atoms with van der Waals surface area (Å²) >= 11 is 0. The van der Waals surface area contributed by atoms with Gasteiger partial charge in [0.1, 0.15) is 11.5 Å². The molecular formula is C19H27NO7S. The standard InChI is InChI=1S/C19H27NO7S/c1-13(2)10-20(15-5-6-28(23,24)12-15)18(21)11-27-19(22)14-7-16(25-3)9-17(8-14)26-4/h7-9,13,15H,5-6,10-12H2,1-4H3/t15-/m0/s1. The molecule has 156 valence electrons. The Labute approximate surface area is 165 Å². The number of carbonyl (C=O) groups excluding carboxylic acids is 2. The molecule has 0 radical (unpaired) electrons. The van der Waals surface area contributed by atoms with E-state index in [9.17, 15) is 18.0 Å². The highest BCUT2D eigenvalue weighted by molar-refractivity contribution is 7.91. The Kier molecular flexibility index (Phi) is 7.29. The number of benzene rings is 1. The number of amides is 1. The molecule has 0 unspecified atom stereocenters. The molecule has 1 saturated heterocycles. The summed E-state index contributed by atoms with van der Waals surface area (Å²) in [4.78, 5) is 26.5. The van der Waals surface area contributed by atoms with Crippen molar-refractivity contribution in [2.45, 2.75) is 26.3 Å². The van der Waals surface area contributed by atoms with E-state index < -0.39 is 28.3 Å². The van der Waals surface area contributed by atoms with Gasteiger partial charge in [-0.3, -0.25) is 4.79 Å². The minimum Gasteiger partial charge on any atom is -0.497 e. The molecule has 1 aliphatic heterocycles. The van der Waals surface area contributed by atoms with E-state index in [1.54, 1.807) is 6.07 Å². The van der Waals surface area contributed by atoms with Crippen molar-refractivity contribution in [2.75, 3.05) is 38.9 Å². The molecule has 1 atom stereocenters. The summed E-state index contributed by atoms with van der Waals surface area (Å²) < 4.78 is 39.0. The highest BCUT2D eigenvalue weighted by atomic mass is 32.2. The summed E-state index contributed by atoms with van der Waals surface area (Å²) in [6.07, 6.45) is 0.405. The molecule has 1 heterocycles. The summed E-state index contributed by atoms with van der Waals surface area (Å²) in [5.41, 5.74) is 0.197. The van der Waals surface area contributed by atoms with Crippen molar-refractivity contribution in [1.29, 1.82) is 0 Å². The van der Waals surface area contributed by atoms with E-state index in [0.717, 1.165) is 0 Å². The van der Waals surface area contributed by atoms with Crippen molar-refractivity contribution in [3.63, 3.8) is 0 Å². The van der Waals surface area contributed by atoms with Crippen LogP contribution in [0.25, 0.3) is 0 Å². The maximum Gasteiger partial charge on any atom is 0.338 e. The van der Waals surface area contributed by atoms with Crippen molar-refractivity contribution in [1.82, 2.24) is 4.90 Å². The molecule has 8 nitrogen and oxygen atoms in total. The van der Waals surface area contributed by atoms with Gasteiger partial charge in [0, 0.05) is 18.7 Å². The highest BCUT2D eigenvalue weighted by Crippen LogP contribution is 2.23. The fraction of sp³-hybridized carbons (Fsp3) is 0.579. The average molecular weight is 413 g/mol. The second-order valence-corrected chi connectivity index (χ2v) is 9.40. The van der Waals surface area contributed by atoms with E-state index >= 15 is 0 Å². The molecule has 0 bridgehead atoms. The highest BCUT2D eigenvalue weighted by Gasteiger charge is 2.35. The summed E-state index contributed by atoms with van der Waals surface area (Å²) in [5, 5.41) is 0. The zero-order chi connectivity index (χ0) is 20.9. The third-order valence-corrected chi connectivity index (χ3v) is 6.20. The van der Waals surface area contributed by atoms with Crippen molar-refractivity contribution >= 4 is 21.7 Å². The van der Waals surface area contributed by atoms with Crippen LogP contribution in [0.5, 0.6) is 11.5 Å². The predicted octanol–water partition coefficient (Wildman–Crippen LogP) is 1.53. The predicted molar refractivity (Wildman–Crippen MR) is 103 cm³/mol. The molecule has 0 saturated carbocycles.